The van der Waals surface area contributed by atoms with Crippen molar-refractivity contribution in [3.05, 3.63) is 35.7 Å². The van der Waals surface area contributed by atoms with Gasteiger partial charge in [0.2, 0.25) is 5.89 Å². The molecule has 3 rings (SSSR count). The third-order valence-corrected chi connectivity index (χ3v) is 3.54. The number of fused-ring (bicyclic) bond motifs is 1. The summed E-state index contributed by atoms with van der Waals surface area (Å²) in [5, 5.41) is 11.6. The highest BCUT2D eigenvalue weighted by atomic mass is 16.5. The lowest BCUT2D eigenvalue weighted by Gasteiger charge is -2.16. The van der Waals surface area contributed by atoms with Gasteiger partial charge in [-0.1, -0.05) is 25.9 Å². The molecular formula is C15H20N6O. The lowest BCUT2D eigenvalue weighted by molar-refractivity contribution is 0.356. The van der Waals surface area contributed by atoms with Crippen LogP contribution in [0, 0.1) is 6.92 Å². The zero-order valence-electron chi connectivity index (χ0n) is 13.2. The predicted molar refractivity (Wildman–Crippen MR) is 82.8 cm³/mol. The van der Waals surface area contributed by atoms with Crippen molar-refractivity contribution >= 4 is 11.5 Å². The summed E-state index contributed by atoms with van der Waals surface area (Å²) in [5.41, 5.74) is 1.84. The maximum atomic E-state index is 5.29. The molecule has 0 bridgehead atoms. The quantitative estimate of drug-likeness (QED) is 0.779. The lowest BCUT2D eigenvalue weighted by Crippen LogP contribution is -2.14. The molecule has 3 heterocycles. The molecule has 116 valence electrons. The number of nitrogens with one attached hydrogen (secondary N) is 1. The highest BCUT2D eigenvalue weighted by molar-refractivity contribution is 5.50. The number of anilines is 1. The van der Waals surface area contributed by atoms with Gasteiger partial charge in [-0.05, 0) is 19.3 Å². The van der Waals surface area contributed by atoms with Gasteiger partial charge in [-0.3, -0.25) is 0 Å². The van der Waals surface area contributed by atoms with Gasteiger partial charge in [-0.25, -0.2) is 4.98 Å². The minimum atomic E-state index is -0.0592. The molecule has 7 nitrogen and oxygen atoms in total. The van der Waals surface area contributed by atoms with Gasteiger partial charge in [0.1, 0.15) is 11.9 Å². The van der Waals surface area contributed by atoms with Crippen molar-refractivity contribution in [3.8, 4) is 0 Å². The second-order valence-electron chi connectivity index (χ2n) is 5.61. The molecule has 1 N–H and O–H groups in total. The van der Waals surface area contributed by atoms with Crippen molar-refractivity contribution in [2.24, 2.45) is 0 Å². The number of rotatable bonds is 5. The fraction of sp³-hybridized carbons (Fsp3) is 0.467. The number of nitrogens with zero attached hydrogens (tertiary/aromatic N) is 5. The second-order valence-corrected chi connectivity index (χ2v) is 5.61. The van der Waals surface area contributed by atoms with Crippen LogP contribution in [-0.2, 0) is 0 Å². The molecule has 1 atom stereocenters. The van der Waals surface area contributed by atoms with Crippen molar-refractivity contribution in [3.63, 3.8) is 0 Å². The van der Waals surface area contributed by atoms with Crippen LogP contribution in [0.5, 0.6) is 0 Å². The Morgan fingerprint density at radius 2 is 2.14 bits per heavy atom. The Morgan fingerprint density at radius 1 is 1.32 bits per heavy atom. The Balaban J connectivity index is 1.99. The fourth-order valence-electron chi connectivity index (χ4n) is 2.30. The number of aryl methyl sites for hydroxylation is 1. The summed E-state index contributed by atoms with van der Waals surface area (Å²) in [4.78, 5) is 8.93. The molecule has 0 aromatic carbocycles. The Labute approximate surface area is 128 Å². The van der Waals surface area contributed by atoms with Gasteiger partial charge < -0.3 is 9.84 Å². The van der Waals surface area contributed by atoms with Crippen molar-refractivity contribution < 1.29 is 4.52 Å². The maximum Gasteiger partial charge on any atom is 0.249 e. The van der Waals surface area contributed by atoms with E-state index in [9.17, 15) is 0 Å². The van der Waals surface area contributed by atoms with Gasteiger partial charge >= 0.3 is 0 Å². The van der Waals surface area contributed by atoms with Crippen LogP contribution in [0.4, 0.5) is 5.82 Å². The van der Waals surface area contributed by atoms with Gasteiger partial charge in [-0.2, -0.15) is 14.6 Å². The molecule has 1 unspecified atom stereocenters. The molecule has 3 aromatic rings. The summed E-state index contributed by atoms with van der Waals surface area (Å²) in [6, 6.07) is 3.86. The summed E-state index contributed by atoms with van der Waals surface area (Å²) in [6.45, 7) is 8.13. The van der Waals surface area contributed by atoms with Crippen molar-refractivity contribution in [1.82, 2.24) is 24.7 Å². The lowest BCUT2D eigenvalue weighted by atomic mass is 10.1. The smallest absolute Gasteiger partial charge is 0.249 e. The summed E-state index contributed by atoms with van der Waals surface area (Å²) >= 11 is 0. The van der Waals surface area contributed by atoms with E-state index < -0.39 is 0 Å². The number of hydrogen-bond acceptors (Lipinski definition) is 6. The SMILES string of the molecule is CCC(Nc1cc(C(C)C)nc2ccnn12)c1nc(C)no1. The van der Waals surface area contributed by atoms with Crippen LogP contribution in [0.25, 0.3) is 5.65 Å². The highest BCUT2D eigenvalue weighted by Gasteiger charge is 2.18. The van der Waals surface area contributed by atoms with E-state index in [0.717, 1.165) is 23.6 Å². The van der Waals surface area contributed by atoms with Crippen molar-refractivity contribution in [2.75, 3.05) is 5.32 Å². The van der Waals surface area contributed by atoms with E-state index in [1.165, 1.54) is 0 Å². The first-order valence-electron chi connectivity index (χ1n) is 7.50. The molecule has 0 aliphatic rings. The van der Waals surface area contributed by atoms with Gasteiger partial charge in [-0.15, -0.1) is 0 Å². The van der Waals surface area contributed by atoms with Crippen LogP contribution in [-0.4, -0.2) is 24.7 Å². The molecule has 3 aromatic heterocycles. The van der Waals surface area contributed by atoms with Crippen LogP contribution in [0.1, 0.15) is 56.6 Å². The molecule has 0 saturated carbocycles. The first kappa shape index (κ1) is 14.5. The Kier molecular flexibility index (Phi) is 3.79. The Hall–Kier alpha value is -2.44. The number of aromatic nitrogens is 5. The molecule has 0 radical (unpaired) electrons. The molecule has 0 aliphatic carbocycles. The van der Waals surface area contributed by atoms with E-state index in [0.29, 0.717) is 17.6 Å². The molecule has 0 amide bonds. The van der Waals surface area contributed by atoms with Crippen LogP contribution < -0.4 is 5.32 Å². The molecular weight excluding hydrogens is 280 g/mol. The largest absolute Gasteiger partial charge is 0.358 e. The first-order valence-corrected chi connectivity index (χ1v) is 7.50. The Morgan fingerprint density at radius 3 is 2.77 bits per heavy atom. The van der Waals surface area contributed by atoms with E-state index in [4.69, 9.17) is 4.52 Å². The minimum absolute atomic E-state index is 0.0592. The molecule has 0 spiro atoms. The van der Waals surface area contributed by atoms with E-state index in [2.05, 4.69) is 46.3 Å². The molecule has 0 fully saturated rings. The topological polar surface area (TPSA) is 81.1 Å². The molecule has 0 aliphatic heterocycles. The van der Waals surface area contributed by atoms with Crippen molar-refractivity contribution in [2.45, 2.75) is 46.1 Å². The average Bonchev–Trinajstić information content (AvgIpc) is 3.12. The van der Waals surface area contributed by atoms with Gasteiger partial charge in [0, 0.05) is 17.8 Å². The zero-order chi connectivity index (χ0) is 15.7. The third kappa shape index (κ3) is 2.66. The van der Waals surface area contributed by atoms with E-state index >= 15 is 0 Å². The van der Waals surface area contributed by atoms with Crippen LogP contribution in [0.3, 0.4) is 0 Å². The van der Waals surface area contributed by atoms with E-state index in [1.807, 2.05) is 19.1 Å². The molecule has 22 heavy (non-hydrogen) atoms. The minimum Gasteiger partial charge on any atom is -0.358 e. The van der Waals surface area contributed by atoms with Crippen LogP contribution >= 0.6 is 0 Å². The monoisotopic (exact) mass is 300 g/mol. The molecule has 0 saturated heterocycles. The molecule has 7 heteroatoms. The summed E-state index contributed by atoms with van der Waals surface area (Å²) in [7, 11) is 0. The Bertz CT molecular complexity index is 775. The second kappa shape index (κ2) is 5.75. The number of hydrogen-bond donors (Lipinski definition) is 1. The van der Waals surface area contributed by atoms with Gasteiger partial charge in [0.25, 0.3) is 0 Å². The first-order chi connectivity index (χ1) is 10.6. The van der Waals surface area contributed by atoms with Crippen molar-refractivity contribution in [1.29, 1.82) is 0 Å². The summed E-state index contributed by atoms with van der Waals surface area (Å²) in [5.74, 6) is 2.44. The third-order valence-electron chi connectivity index (χ3n) is 3.54. The standard InChI is InChI=1S/C15H20N6O/c1-5-11(15-17-10(4)20-22-15)18-14-8-12(9(2)3)19-13-6-7-16-21(13)14/h6-9,11,18H,5H2,1-4H3. The van der Waals surface area contributed by atoms with Crippen LogP contribution in [0.2, 0.25) is 0 Å². The highest BCUT2D eigenvalue weighted by Crippen LogP contribution is 2.24. The van der Waals surface area contributed by atoms with Gasteiger partial charge in [0.15, 0.2) is 11.5 Å². The summed E-state index contributed by atoms with van der Waals surface area (Å²) < 4.78 is 7.08. The zero-order valence-corrected chi connectivity index (χ0v) is 13.2. The van der Waals surface area contributed by atoms with E-state index in [-0.39, 0.29) is 6.04 Å². The normalized spacial score (nSPS) is 13.0. The maximum absolute atomic E-state index is 5.29. The van der Waals surface area contributed by atoms with Crippen LogP contribution in [0.15, 0.2) is 22.9 Å². The predicted octanol–water partition coefficient (Wildman–Crippen LogP) is 3.11. The fourth-order valence-corrected chi connectivity index (χ4v) is 2.30. The van der Waals surface area contributed by atoms with E-state index in [1.54, 1.807) is 10.7 Å². The average molecular weight is 300 g/mol. The summed E-state index contributed by atoms with van der Waals surface area (Å²) in [6.07, 6.45) is 2.57. The van der Waals surface area contributed by atoms with Gasteiger partial charge in [0.05, 0.1) is 6.20 Å².